The molecule has 2 rings (SSSR count). The van der Waals surface area contributed by atoms with E-state index in [1.807, 2.05) is 6.07 Å². The van der Waals surface area contributed by atoms with E-state index in [0.29, 0.717) is 27.6 Å². The van der Waals surface area contributed by atoms with Gasteiger partial charge >= 0.3 is 0 Å². The van der Waals surface area contributed by atoms with Crippen LogP contribution in [0.2, 0.25) is 10.0 Å². The maximum Gasteiger partial charge on any atom is 0.138 e. The topological polar surface area (TPSA) is 9.23 Å². The number of hydrogen-bond acceptors (Lipinski definition) is 1. The van der Waals surface area contributed by atoms with Crippen LogP contribution < -0.4 is 4.74 Å². The van der Waals surface area contributed by atoms with Gasteiger partial charge in [0.05, 0.1) is 17.5 Å². The minimum atomic E-state index is -0.0501. The SMILES string of the molecule is COc1cc(Cl)c(C(Cl)C2CC2C)cc1Cl. The quantitative estimate of drug-likeness (QED) is 0.712. The smallest absolute Gasteiger partial charge is 0.138 e. The van der Waals surface area contributed by atoms with E-state index in [9.17, 15) is 0 Å². The summed E-state index contributed by atoms with van der Waals surface area (Å²) in [5, 5.41) is 1.13. The molecule has 1 aromatic carbocycles. The number of methoxy groups -OCH3 is 1. The van der Waals surface area contributed by atoms with E-state index in [4.69, 9.17) is 39.5 Å². The standard InChI is InChI=1S/C12H13Cl3O/c1-6-3-7(6)12(15)8-4-10(14)11(16-2)5-9(8)13/h4-7,12H,3H2,1-2H3. The average molecular weight is 280 g/mol. The van der Waals surface area contributed by atoms with E-state index in [1.165, 1.54) is 0 Å². The van der Waals surface area contributed by atoms with Crippen molar-refractivity contribution in [1.29, 1.82) is 0 Å². The monoisotopic (exact) mass is 278 g/mol. The zero-order chi connectivity index (χ0) is 11.9. The zero-order valence-corrected chi connectivity index (χ0v) is 11.4. The summed E-state index contributed by atoms with van der Waals surface area (Å²) in [6.45, 7) is 2.19. The van der Waals surface area contributed by atoms with Crippen LogP contribution in [0.5, 0.6) is 5.75 Å². The Morgan fingerprint density at radius 2 is 1.94 bits per heavy atom. The molecule has 1 nitrogen and oxygen atoms in total. The maximum absolute atomic E-state index is 6.39. The average Bonchev–Trinajstić information content (AvgIpc) is 2.97. The molecule has 0 N–H and O–H groups in total. The number of ether oxygens (including phenoxy) is 1. The third-order valence-electron chi connectivity index (χ3n) is 3.12. The molecular weight excluding hydrogens is 266 g/mol. The highest BCUT2D eigenvalue weighted by atomic mass is 35.5. The van der Waals surface area contributed by atoms with Crippen LogP contribution in [0.3, 0.4) is 0 Å². The molecule has 3 unspecified atom stereocenters. The lowest BCUT2D eigenvalue weighted by Gasteiger charge is -2.13. The van der Waals surface area contributed by atoms with Crippen molar-refractivity contribution in [3.8, 4) is 5.75 Å². The molecule has 1 fully saturated rings. The fraction of sp³-hybridized carbons (Fsp3) is 0.500. The van der Waals surface area contributed by atoms with Gasteiger partial charge in [-0.3, -0.25) is 0 Å². The first-order chi connectivity index (χ1) is 7.54. The summed E-state index contributed by atoms with van der Waals surface area (Å²) in [5.41, 5.74) is 0.906. The Balaban J connectivity index is 2.30. The minimum absolute atomic E-state index is 0.0501. The number of rotatable bonds is 3. The third kappa shape index (κ3) is 2.27. The Morgan fingerprint density at radius 1 is 1.31 bits per heavy atom. The predicted octanol–water partition coefficient (Wildman–Crippen LogP) is 4.94. The van der Waals surface area contributed by atoms with Gasteiger partial charge in [-0.25, -0.2) is 0 Å². The van der Waals surface area contributed by atoms with Crippen molar-refractivity contribution in [3.63, 3.8) is 0 Å². The second-order valence-corrected chi connectivity index (χ2v) is 5.57. The number of halogens is 3. The molecule has 0 bridgehead atoms. The van der Waals surface area contributed by atoms with Crippen molar-refractivity contribution < 1.29 is 4.74 Å². The first kappa shape index (κ1) is 12.3. The molecule has 0 aliphatic heterocycles. The van der Waals surface area contributed by atoms with Crippen LogP contribution in [0.1, 0.15) is 24.3 Å². The van der Waals surface area contributed by atoms with E-state index in [1.54, 1.807) is 13.2 Å². The van der Waals surface area contributed by atoms with Crippen molar-refractivity contribution in [2.24, 2.45) is 11.8 Å². The molecular formula is C12H13Cl3O. The fourth-order valence-corrected chi connectivity index (χ4v) is 3.01. The summed E-state index contributed by atoms with van der Waals surface area (Å²) in [4.78, 5) is 0. The molecule has 16 heavy (non-hydrogen) atoms. The van der Waals surface area contributed by atoms with Gasteiger partial charge in [0.1, 0.15) is 5.75 Å². The lowest BCUT2D eigenvalue weighted by atomic mass is 10.1. The predicted molar refractivity (Wildman–Crippen MR) is 68.9 cm³/mol. The molecule has 0 aromatic heterocycles. The van der Waals surface area contributed by atoms with E-state index in [2.05, 4.69) is 6.92 Å². The van der Waals surface area contributed by atoms with Crippen LogP contribution in [0.25, 0.3) is 0 Å². The van der Waals surface area contributed by atoms with E-state index >= 15 is 0 Å². The summed E-state index contributed by atoms with van der Waals surface area (Å²) in [6.07, 6.45) is 1.16. The second kappa shape index (κ2) is 4.64. The number of hydrogen-bond donors (Lipinski definition) is 0. The van der Waals surface area contributed by atoms with Crippen LogP contribution in [-0.4, -0.2) is 7.11 Å². The third-order valence-corrected chi connectivity index (χ3v) is 4.30. The molecule has 0 radical (unpaired) electrons. The summed E-state index contributed by atoms with van der Waals surface area (Å²) in [6, 6.07) is 3.53. The molecule has 0 amide bonds. The van der Waals surface area contributed by atoms with E-state index in [-0.39, 0.29) is 5.38 Å². The Labute approximate surface area is 111 Å². The van der Waals surface area contributed by atoms with Crippen molar-refractivity contribution in [2.75, 3.05) is 7.11 Å². The Kier molecular flexibility index (Phi) is 3.58. The van der Waals surface area contributed by atoms with Gasteiger partial charge < -0.3 is 4.74 Å². The molecule has 0 spiro atoms. The number of alkyl halides is 1. The molecule has 3 atom stereocenters. The minimum Gasteiger partial charge on any atom is -0.495 e. The lowest BCUT2D eigenvalue weighted by Crippen LogP contribution is -1.97. The first-order valence-corrected chi connectivity index (χ1v) is 6.40. The summed E-state index contributed by atoms with van der Waals surface area (Å²) >= 11 is 18.6. The van der Waals surface area contributed by atoms with Gasteiger partial charge in [-0.15, -0.1) is 11.6 Å². The van der Waals surface area contributed by atoms with Gasteiger partial charge in [0, 0.05) is 11.1 Å². The van der Waals surface area contributed by atoms with Gasteiger partial charge in [0.2, 0.25) is 0 Å². The molecule has 1 aliphatic rings. The lowest BCUT2D eigenvalue weighted by molar-refractivity contribution is 0.415. The van der Waals surface area contributed by atoms with Gasteiger partial charge in [0.25, 0.3) is 0 Å². The number of benzene rings is 1. The van der Waals surface area contributed by atoms with Crippen molar-refractivity contribution in [1.82, 2.24) is 0 Å². The van der Waals surface area contributed by atoms with Crippen molar-refractivity contribution in [3.05, 3.63) is 27.7 Å². The Hall–Kier alpha value is -0.110. The largest absolute Gasteiger partial charge is 0.495 e. The Morgan fingerprint density at radius 3 is 2.44 bits per heavy atom. The molecule has 0 saturated heterocycles. The van der Waals surface area contributed by atoms with E-state index in [0.717, 1.165) is 12.0 Å². The van der Waals surface area contributed by atoms with Crippen LogP contribution in [0.15, 0.2) is 12.1 Å². The van der Waals surface area contributed by atoms with Gasteiger partial charge in [-0.05, 0) is 29.9 Å². The van der Waals surface area contributed by atoms with Crippen LogP contribution in [0.4, 0.5) is 0 Å². The molecule has 1 aliphatic carbocycles. The van der Waals surface area contributed by atoms with E-state index < -0.39 is 0 Å². The molecule has 0 heterocycles. The van der Waals surface area contributed by atoms with Crippen molar-refractivity contribution >= 4 is 34.8 Å². The van der Waals surface area contributed by atoms with Crippen LogP contribution in [-0.2, 0) is 0 Å². The van der Waals surface area contributed by atoms with Crippen LogP contribution in [0, 0.1) is 11.8 Å². The highest BCUT2D eigenvalue weighted by Gasteiger charge is 2.40. The molecule has 1 aromatic rings. The van der Waals surface area contributed by atoms with Gasteiger partial charge in [0.15, 0.2) is 0 Å². The Bertz CT molecular complexity index is 405. The normalized spacial score (nSPS) is 25.3. The summed E-state index contributed by atoms with van der Waals surface area (Å²) in [5.74, 6) is 1.78. The second-order valence-electron chi connectivity index (χ2n) is 4.29. The highest BCUT2D eigenvalue weighted by Crippen LogP contribution is 2.52. The highest BCUT2D eigenvalue weighted by molar-refractivity contribution is 6.35. The molecule has 88 valence electrons. The molecule has 4 heteroatoms. The van der Waals surface area contributed by atoms with Gasteiger partial charge in [-0.2, -0.15) is 0 Å². The first-order valence-electron chi connectivity index (χ1n) is 5.21. The van der Waals surface area contributed by atoms with Crippen LogP contribution >= 0.6 is 34.8 Å². The van der Waals surface area contributed by atoms with Gasteiger partial charge in [-0.1, -0.05) is 30.1 Å². The van der Waals surface area contributed by atoms with Crippen molar-refractivity contribution in [2.45, 2.75) is 18.7 Å². The fourth-order valence-electron chi connectivity index (χ4n) is 1.90. The summed E-state index contributed by atoms with van der Waals surface area (Å²) < 4.78 is 5.10. The summed E-state index contributed by atoms with van der Waals surface area (Å²) in [7, 11) is 1.57. The maximum atomic E-state index is 6.39. The molecule has 1 saturated carbocycles. The zero-order valence-electron chi connectivity index (χ0n) is 9.14.